The lowest BCUT2D eigenvalue weighted by Gasteiger charge is -2.41. The number of halogens is 3. The number of carbonyl (C=O) groups is 2. The first-order chi connectivity index (χ1) is 21.3. The van der Waals surface area contributed by atoms with Crippen molar-refractivity contribution in [3.8, 4) is 0 Å². The average Bonchev–Trinajstić information content (AvgIpc) is 3.52. The smallest absolute Gasteiger partial charge is 0.248 e. The number of amides is 2. The number of nitrogens with one attached hydrogen (secondary N) is 1. The van der Waals surface area contributed by atoms with E-state index in [2.05, 4.69) is 5.32 Å². The van der Waals surface area contributed by atoms with Crippen molar-refractivity contribution < 1.29 is 50.9 Å². The van der Waals surface area contributed by atoms with Crippen molar-refractivity contribution in [1.82, 2.24) is 19.4 Å². The van der Waals surface area contributed by atoms with Crippen LogP contribution in [-0.2, 0) is 29.1 Å². The van der Waals surface area contributed by atoms with Gasteiger partial charge in [0.05, 0.1) is 36.2 Å². The molecule has 1 saturated carbocycles. The third-order valence-corrected chi connectivity index (χ3v) is 11.5. The van der Waals surface area contributed by atoms with E-state index >= 15 is 0 Å². The maximum absolute atomic E-state index is 14.1. The van der Waals surface area contributed by atoms with Crippen LogP contribution in [0.5, 0.6) is 0 Å². The van der Waals surface area contributed by atoms with Gasteiger partial charge in [0.15, 0.2) is 0 Å². The molecule has 5 aliphatic rings. The Morgan fingerprint density at radius 3 is 2.47 bits per heavy atom. The molecule has 4 aliphatic heterocycles. The summed E-state index contributed by atoms with van der Waals surface area (Å²) in [6.45, 7) is -0.0629. The van der Waals surface area contributed by atoms with Crippen LogP contribution in [0.1, 0.15) is 38.5 Å². The number of hydrogen-bond donors (Lipinski definition) is 3. The van der Waals surface area contributed by atoms with Crippen LogP contribution < -0.4 is 5.32 Å². The summed E-state index contributed by atoms with van der Waals surface area (Å²) in [4.78, 5) is 30.3. The number of aliphatic hydroxyl groups excluding tert-OH is 2. The summed E-state index contributed by atoms with van der Waals surface area (Å²) in [5.41, 5.74) is 0. The number of likely N-dealkylation sites (tertiary alicyclic amines) is 1. The lowest BCUT2D eigenvalue weighted by molar-refractivity contribution is -0.145. The van der Waals surface area contributed by atoms with E-state index in [1.54, 1.807) is 4.90 Å². The van der Waals surface area contributed by atoms with Gasteiger partial charge in [-0.2, -0.15) is 4.31 Å². The minimum absolute atomic E-state index is 0.0252. The number of hydrogen-bond acceptors (Lipinski definition) is 9. The molecule has 45 heavy (non-hydrogen) atoms. The quantitative estimate of drug-likeness (QED) is 0.410. The number of nitrogens with zero attached hydrogens (tertiary/aromatic N) is 3. The SMILES string of the molecule is O=C1C[C@@H]2O[C@H](CN(S(=O)(=O)c3cccc(F)c3)C[C@@H]3CN(CCO3)C(=O)[C@@H]3C[C@@H](CN3C3CCC(F)(F)CC3)N1)[C@@H](O)[C@H]2O. The van der Waals surface area contributed by atoms with E-state index in [0.717, 1.165) is 16.4 Å². The summed E-state index contributed by atoms with van der Waals surface area (Å²) in [5.74, 6) is -4.27. The molecular weight excluding hydrogens is 621 g/mol. The van der Waals surface area contributed by atoms with Crippen LogP contribution in [0.4, 0.5) is 13.2 Å². The lowest BCUT2D eigenvalue weighted by Crippen LogP contribution is -2.56. The fourth-order valence-corrected chi connectivity index (χ4v) is 8.81. The number of sulfonamides is 1. The zero-order chi connectivity index (χ0) is 32.1. The van der Waals surface area contributed by atoms with Gasteiger partial charge in [-0.15, -0.1) is 0 Å². The molecule has 2 amide bonds. The predicted molar refractivity (Wildman–Crippen MR) is 151 cm³/mol. The number of aliphatic hydroxyl groups is 2. The highest BCUT2D eigenvalue weighted by Crippen LogP contribution is 2.38. The third-order valence-electron chi connectivity index (χ3n) is 9.67. The number of benzene rings is 1. The van der Waals surface area contributed by atoms with E-state index in [1.165, 1.54) is 12.1 Å². The molecule has 4 saturated heterocycles. The second-order valence-corrected chi connectivity index (χ2v) is 14.7. The molecule has 5 fully saturated rings. The molecule has 1 aromatic carbocycles. The van der Waals surface area contributed by atoms with Crippen LogP contribution in [-0.4, -0.2) is 138 Å². The molecule has 7 atom stereocenters. The van der Waals surface area contributed by atoms with Crippen LogP contribution in [0, 0.1) is 5.82 Å². The third kappa shape index (κ3) is 6.87. The highest BCUT2D eigenvalue weighted by atomic mass is 32.2. The molecule has 1 aliphatic carbocycles. The molecule has 0 spiro atoms. The van der Waals surface area contributed by atoms with Gasteiger partial charge in [-0.1, -0.05) is 6.07 Å². The summed E-state index contributed by atoms with van der Waals surface area (Å²) in [6, 6.07) is 3.04. The molecule has 250 valence electrons. The van der Waals surface area contributed by atoms with Gasteiger partial charge in [-0.05, 0) is 37.5 Å². The van der Waals surface area contributed by atoms with E-state index in [9.17, 15) is 41.4 Å². The zero-order valence-electron chi connectivity index (χ0n) is 24.6. The first kappa shape index (κ1) is 32.6. The van der Waals surface area contributed by atoms with Crippen LogP contribution in [0.2, 0.25) is 0 Å². The molecule has 12 nitrogen and oxygen atoms in total. The van der Waals surface area contributed by atoms with Crippen LogP contribution in [0.15, 0.2) is 29.2 Å². The Morgan fingerprint density at radius 1 is 1.00 bits per heavy atom. The van der Waals surface area contributed by atoms with Gasteiger partial charge < -0.3 is 29.9 Å². The number of ether oxygens (including phenoxy) is 2. The molecule has 4 heterocycles. The molecule has 3 N–H and O–H groups in total. The number of alkyl halides is 2. The van der Waals surface area contributed by atoms with E-state index in [1.807, 2.05) is 4.90 Å². The summed E-state index contributed by atoms with van der Waals surface area (Å²) in [5, 5.41) is 24.5. The molecule has 0 unspecified atom stereocenters. The van der Waals surface area contributed by atoms with Gasteiger partial charge in [-0.25, -0.2) is 21.6 Å². The van der Waals surface area contributed by atoms with E-state index in [4.69, 9.17) is 9.47 Å². The van der Waals surface area contributed by atoms with Gasteiger partial charge in [0.2, 0.25) is 27.8 Å². The summed E-state index contributed by atoms with van der Waals surface area (Å²) in [7, 11) is -4.38. The Bertz CT molecular complexity index is 1380. The summed E-state index contributed by atoms with van der Waals surface area (Å²) < 4.78 is 82.4. The van der Waals surface area contributed by atoms with Gasteiger partial charge in [-0.3, -0.25) is 14.5 Å². The molecule has 16 heteroatoms. The van der Waals surface area contributed by atoms with E-state index in [-0.39, 0.29) is 88.2 Å². The molecule has 6 rings (SSSR count). The van der Waals surface area contributed by atoms with Crippen LogP contribution in [0.3, 0.4) is 0 Å². The maximum Gasteiger partial charge on any atom is 0.248 e. The fourth-order valence-electron chi connectivity index (χ4n) is 7.30. The van der Waals surface area contributed by atoms with E-state index < -0.39 is 76.8 Å². The monoisotopic (exact) mass is 660 g/mol. The summed E-state index contributed by atoms with van der Waals surface area (Å²) in [6.07, 6.45) is -6.43. The molecule has 0 radical (unpaired) electrons. The van der Waals surface area contributed by atoms with Gasteiger partial charge in [0, 0.05) is 57.6 Å². The van der Waals surface area contributed by atoms with Crippen molar-refractivity contribution in [2.24, 2.45) is 0 Å². The van der Waals surface area contributed by atoms with Crippen LogP contribution >= 0.6 is 0 Å². The highest BCUT2D eigenvalue weighted by Gasteiger charge is 2.49. The molecular formula is C29H39F3N4O8S. The average molecular weight is 661 g/mol. The van der Waals surface area contributed by atoms with Gasteiger partial charge >= 0.3 is 0 Å². The number of carbonyl (C=O) groups excluding carboxylic acids is 2. The Hall–Kier alpha value is -2.34. The molecule has 0 aromatic heterocycles. The van der Waals surface area contributed by atoms with Crippen LogP contribution in [0.25, 0.3) is 0 Å². The largest absolute Gasteiger partial charge is 0.388 e. The highest BCUT2D eigenvalue weighted by molar-refractivity contribution is 7.89. The molecule has 1 aromatic rings. The van der Waals surface area contributed by atoms with Crippen molar-refractivity contribution in [2.45, 2.75) is 98.0 Å². The number of rotatable bonds is 3. The first-order valence-corrected chi connectivity index (χ1v) is 16.9. The maximum atomic E-state index is 14.1. The topological polar surface area (TPSA) is 149 Å². The van der Waals surface area contributed by atoms with Crippen molar-refractivity contribution in [1.29, 1.82) is 0 Å². The first-order valence-electron chi connectivity index (χ1n) is 15.4. The van der Waals surface area contributed by atoms with Crippen molar-refractivity contribution in [3.63, 3.8) is 0 Å². The second kappa shape index (κ2) is 12.7. The zero-order valence-corrected chi connectivity index (χ0v) is 25.5. The van der Waals surface area contributed by atoms with Crippen molar-refractivity contribution in [2.75, 3.05) is 39.3 Å². The molecule has 6 bridgehead atoms. The Morgan fingerprint density at radius 2 is 1.73 bits per heavy atom. The fraction of sp³-hybridized carbons (Fsp3) is 0.724. The summed E-state index contributed by atoms with van der Waals surface area (Å²) >= 11 is 0. The number of morpholine rings is 1. The minimum atomic E-state index is -4.38. The van der Waals surface area contributed by atoms with E-state index in [0.29, 0.717) is 0 Å². The normalized spacial score (nSPS) is 35.8. The van der Waals surface area contributed by atoms with Crippen molar-refractivity contribution >= 4 is 21.8 Å². The lowest BCUT2D eigenvalue weighted by atomic mass is 9.90. The van der Waals surface area contributed by atoms with Crippen molar-refractivity contribution in [3.05, 3.63) is 30.1 Å². The predicted octanol–water partition coefficient (Wildman–Crippen LogP) is 0.0737. The standard InChI is InChI=1S/C29H39F3N4O8S/c30-17-2-1-3-21(10-17)45(41,42)35-15-20-14-34(8-9-43-20)28(40)22-11-18(13-36(22)19-4-6-29(31,32)7-5-19)33-25(37)12-23-26(38)27(39)24(16-35)44-23/h1-3,10,18-20,22-24,26-27,38-39H,4-9,11-16H2,(H,33,37)/t18-,20-,22-,23-,24+,26-,27+/m0/s1. The van der Waals surface area contributed by atoms with Gasteiger partial charge in [0.25, 0.3) is 0 Å². The number of fused-ring (bicyclic) bond motifs is 6. The Kier molecular flexibility index (Phi) is 9.19. The Balaban J connectivity index is 1.31. The van der Waals surface area contributed by atoms with Gasteiger partial charge in [0.1, 0.15) is 24.1 Å². The Labute approximate surface area is 259 Å². The second-order valence-electron chi connectivity index (χ2n) is 12.8. The minimum Gasteiger partial charge on any atom is -0.388 e.